The summed E-state index contributed by atoms with van der Waals surface area (Å²) >= 11 is 0. The number of carbonyl (C=O) groups excluding carboxylic acids is 5. The number of benzene rings is 1. The Morgan fingerprint density at radius 3 is 2.37 bits per heavy atom. The fourth-order valence-corrected chi connectivity index (χ4v) is 3.87. The van der Waals surface area contributed by atoms with E-state index in [1.165, 1.54) is 0 Å². The Bertz CT molecular complexity index is 909. The SMILES string of the molecule is NCC(=O)N1CCc2cc3c(cc2C1)C(=O)N(C1CCC(=O)NC1=O)C3=O. The van der Waals surface area contributed by atoms with Gasteiger partial charge in [-0.05, 0) is 36.1 Å². The highest BCUT2D eigenvalue weighted by molar-refractivity contribution is 6.23. The minimum atomic E-state index is -0.984. The van der Waals surface area contributed by atoms with Crippen LogP contribution < -0.4 is 11.1 Å². The summed E-state index contributed by atoms with van der Waals surface area (Å²) in [5, 5.41) is 2.17. The predicted octanol–water partition coefficient (Wildman–Crippen LogP) is -1.07. The van der Waals surface area contributed by atoms with Crippen molar-refractivity contribution in [2.24, 2.45) is 5.73 Å². The van der Waals surface area contributed by atoms with Crippen LogP contribution in [0.5, 0.6) is 0 Å². The van der Waals surface area contributed by atoms with Crippen LogP contribution in [0.4, 0.5) is 0 Å². The van der Waals surface area contributed by atoms with Gasteiger partial charge in [0.25, 0.3) is 11.8 Å². The molecule has 3 aliphatic heterocycles. The van der Waals surface area contributed by atoms with Crippen LogP contribution in [0.15, 0.2) is 12.1 Å². The minimum Gasteiger partial charge on any atom is -0.337 e. The summed E-state index contributed by atoms with van der Waals surface area (Å²) < 4.78 is 0. The second kappa shape index (κ2) is 6.27. The molecule has 0 bridgehead atoms. The molecule has 1 saturated heterocycles. The Kier molecular flexibility index (Phi) is 4.03. The van der Waals surface area contributed by atoms with Gasteiger partial charge >= 0.3 is 0 Å². The number of imide groups is 2. The van der Waals surface area contributed by atoms with Crippen LogP contribution in [-0.2, 0) is 27.3 Å². The van der Waals surface area contributed by atoms with Crippen LogP contribution in [0.2, 0.25) is 0 Å². The zero-order chi connectivity index (χ0) is 19.3. The van der Waals surface area contributed by atoms with E-state index >= 15 is 0 Å². The summed E-state index contributed by atoms with van der Waals surface area (Å²) in [5.41, 5.74) is 7.61. The molecule has 140 valence electrons. The molecule has 0 saturated carbocycles. The van der Waals surface area contributed by atoms with Crippen molar-refractivity contribution >= 4 is 29.5 Å². The lowest BCUT2D eigenvalue weighted by Crippen LogP contribution is -2.54. The molecular formula is C18H18N4O5. The molecule has 0 aliphatic carbocycles. The van der Waals surface area contributed by atoms with Gasteiger partial charge in [0, 0.05) is 19.5 Å². The molecule has 9 heteroatoms. The lowest BCUT2D eigenvalue weighted by atomic mass is 9.94. The summed E-state index contributed by atoms with van der Waals surface area (Å²) in [7, 11) is 0. The molecule has 1 atom stereocenters. The molecule has 1 fully saturated rings. The Labute approximate surface area is 154 Å². The largest absolute Gasteiger partial charge is 0.337 e. The summed E-state index contributed by atoms with van der Waals surface area (Å²) in [4.78, 5) is 63.5. The zero-order valence-electron chi connectivity index (χ0n) is 14.5. The number of hydrogen-bond donors (Lipinski definition) is 2. The molecule has 1 aromatic carbocycles. The minimum absolute atomic E-state index is 0.0798. The summed E-state index contributed by atoms with van der Waals surface area (Å²) in [6.07, 6.45) is 0.763. The van der Waals surface area contributed by atoms with Gasteiger partial charge in [-0.15, -0.1) is 0 Å². The Hall–Kier alpha value is -3.07. The van der Waals surface area contributed by atoms with Crippen LogP contribution in [0.3, 0.4) is 0 Å². The number of amides is 5. The predicted molar refractivity (Wildman–Crippen MR) is 91.3 cm³/mol. The van der Waals surface area contributed by atoms with Crippen LogP contribution in [0.1, 0.15) is 44.7 Å². The fraction of sp³-hybridized carbons (Fsp3) is 0.389. The zero-order valence-corrected chi connectivity index (χ0v) is 14.5. The first-order valence-electron chi connectivity index (χ1n) is 8.76. The van der Waals surface area contributed by atoms with Crippen molar-refractivity contribution in [3.63, 3.8) is 0 Å². The molecule has 0 radical (unpaired) electrons. The Morgan fingerprint density at radius 1 is 1.07 bits per heavy atom. The number of piperidine rings is 1. The van der Waals surface area contributed by atoms with Gasteiger partial charge in [-0.3, -0.25) is 34.2 Å². The van der Waals surface area contributed by atoms with E-state index in [4.69, 9.17) is 5.73 Å². The number of nitrogens with zero attached hydrogens (tertiary/aromatic N) is 2. The molecule has 3 aliphatic rings. The average molecular weight is 370 g/mol. The van der Waals surface area contributed by atoms with Gasteiger partial charge in [-0.25, -0.2) is 0 Å². The number of carbonyl (C=O) groups is 5. The number of hydrogen-bond acceptors (Lipinski definition) is 6. The molecule has 27 heavy (non-hydrogen) atoms. The topological polar surface area (TPSA) is 130 Å². The van der Waals surface area contributed by atoms with Crippen molar-refractivity contribution in [2.45, 2.75) is 31.8 Å². The number of fused-ring (bicyclic) bond motifs is 2. The molecule has 9 nitrogen and oxygen atoms in total. The second-order valence-corrected chi connectivity index (χ2v) is 6.88. The molecule has 1 unspecified atom stereocenters. The van der Waals surface area contributed by atoms with E-state index in [-0.39, 0.29) is 36.4 Å². The van der Waals surface area contributed by atoms with Crippen LogP contribution in [0.25, 0.3) is 0 Å². The standard InChI is InChI=1S/C18H18N4O5/c19-7-15(24)21-4-3-9-5-11-12(6-10(9)8-21)18(27)22(17(11)26)13-1-2-14(23)20-16(13)25/h5-6,13H,1-4,7-8,19H2,(H,20,23,25). The quantitative estimate of drug-likeness (QED) is 0.638. The van der Waals surface area contributed by atoms with Gasteiger partial charge in [0.15, 0.2) is 0 Å². The van der Waals surface area contributed by atoms with E-state index < -0.39 is 29.7 Å². The monoisotopic (exact) mass is 370 g/mol. The van der Waals surface area contributed by atoms with Gasteiger partial charge < -0.3 is 10.6 Å². The van der Waals surface area contributed by atoms with Gasteiger partial charge in [0.05, 0.1) is 17.7 Å². The van der Waals surface area contributed by atoms with E-state index in [9.17, 15) is 24.0 Å². The molecule has 4 rings (SSSR count). The van der Waals surface area contributed by atoms with Crippen molar-refractivity contribution in [1.82, 2.24) is 15.1 Å². The van der Waals surface area contributed by atoms with E-state index in [0.29, 0.717) is 19.5 Å². The molecule has 0 aromatic heterocycles. The summed E-state index contributed by atoms with van der Waals surface area (Å²) in [6, 6.07) is 2.33. The first-order valence-corrected chi connectivity index (χ1v) is 8.76. The highest BCUT2D eigenvalue weighted by Crippen LogP contribution is 2.31. The van der Waals surface area contributed by atoms with Crippen LogP contribution in [-0.4, -0.2) is 58.5 Å². The fourth-order valence-electron chi connectivity index (χ4n) is 3.87. The molecule has 3 heterocycles. The Morgan fingerprint density at radius 2 is 1.74 bits per heavy atom. The van der Waals surface area contributed by atoms with Crippen molar-refractivity contribution in [1.29, 1.82) is 0 Å². The number of rotatable bonds is 2. The lowest BCUT2D eigenvalue weighted by molar-refractivity contribution is -0.136. The molecule has 5 amide bonds. The second-order valence-electron chi connectivity index (χ2n) is 6.88. The van der Waals surface area contributed by atoms with Gasteiger partial charge in [-0.2, -0.15) is 0 Å². The Balaban J connectivity index is 1.65. The first-order chi connectivity index (χ1) is 12.9. The number of nitrogens with two attached hydrogens (primary N) is 1. The smallest absolute Gasteiger partial charge is 0.262 e. The number of nitrogens with one attached hydrogen (secondary N) is 1. The van der Waals surface area contributed by atoms with Crippen LogP contribution in [0, 0.1) is 0 Å². The summed E-state index contributed by atoms with van der Waals surface area (Å²) in [5.74, 6) is -2.28. The normalized spacial score (nSPS) is 21.9. The molecule has 1 aromatic rings. The highest BCUT2D eigenvalue weighted by Gasteiger charge is 2.45. The van der Waals surface area contributed by atoms with E-state index in [2.05, 4.69) is 5.32 Å². The van der Waals surface area contributed by atoms with E-state index in [0.717, 1.165) is 16.0 Å². The molecular weight excluding hydrogens is 352 g/mol. The average Bonchev–Trinajstić information content (AvgIpc) is 2.89. The third-order valence-corrected chi connectivity index (χ3v) is 5.30. The maximum absolute atomic E-state index is 12.8. The van der Waals surface area contributed by atoms with E-state index in [1.807, 2.05) is 0 Å². The van der Waals surface area contributed by atoms with Crippen molar-refractivity contribution < 1.29 is 24.0 Å². The van der Waals surface area contributed by atoms with Crippen molar-refractivity contribution in [2.75, 3.05) is 13.1 Å². The van der Waals surface area contributed by atoms with E-state index in [1.54, 1.807) is 17.0 Å². The van der Waals surface area contributed by atoms with Gasteiger partial charge in [0.1, 0.15) is 6.04 Å². The maximum atomic E-state index is 12.8. The van der Waals surface area contributed by atoms with Crippen LogP contribution >= 0.6 is 0 Å². The third-order valence-electron chi connectivity index (χ3n) is 5.30. The van der Waals surface area contributed by atoms with Crippen molar-refractivity contribution in [3.8, 4) is 0 Å². The summed E-state index contributed by atoms with van der Waals surface area (Å²) in [6.45, 7) is 0.750. The van der Waals surface area contributed by atoms with Gasteiger partial charge in [-0.1, -0.05) is 0 Å². The third kappa shape index (κ3) is 2.71. The van der Waals surface area contributed by atoms with Gasteiger partial charge in [0.2, 0.25) is 17.7 Å². The highest BCUT2D eigenvalue weighted by atomic mass is 16.2. The first kappa shape index (κ1) is 17.3. The maximum Gasteiger partial charge on any atom is 0.262 e. The van der Waals surface area contributed by atoms with Crippen molar-refractivity contribution in [3.05, 3.63) is 34.4 Å². The lowest BCUT2D eigenvalue weighted by Gasteiger charge is -2.28. The molecule has 3 N–H and O–H groups in total. The molecule has 0 spiro atoms.